The minimum Gasteiger partial charge on any atom is -0.493 e. The number of aliphatic carboxylic acids is 2. The van der Waals surface area contributed by atoms with E-state index in [4.69, 9.17) is 29.8 Å². The Hall–Kier alpha value is -5.88. The quantitative estimate of drug-likeness (QED) is 0.0555. The van der Waals surface area contributed by atoms with Crippen molar-refractivity contribution >= 4 is 41.6 Å². The molecule has 0 heterocycles. The summed E-state index contributed by atoms with van der Waals surface area (Å²) in [6.45, 7) is 11.8. The molecule has 0 spiro atoms. The number of amides is 1. The molecule has 5 aromatic rings. The second kappa shape index (κ2) is 25.0. The van der Waals surface area contributed by atoms with Gasteiger partial charge in [0.1, 0.15) is 11.5 Å². The maximum atomic E-state index is 12.6. The summed E-state index contributed by atoms with van der Waals surface area (Å²) < 4.78 is 22.0. The summed E-state index contributed by atoms with van der Waals surface area (Å²) >= 11 is 0. The number of carbonyl (C=O) groups excluding carboxylic acids is 1. The molecule has 0 bridgehead atoms. The van der Waals surface area contributed by atoms with Crippen LogP contribution in [0, 0.1) is 0 Å². The van der Waals surface area contributed by atoms with Crippen molar-refractivity contribution in [2.45, 2.75) is 77.9 Å². The molecule has 0 saturated carbocycles. The molecule has 61 heavy (non-hydrogen) atoms. The molecular weight excluding hydrogens is 796 g/mol. The number of carbonyl (C=O) groups is 3. The Kier molecular flexibility index (Phi) is 20.3. The van der Waals surface area contributed by atoms with Gasteiger partial charge in [0.2, 0.25) is 0 Å². The molecule has 0 unspecified atom stereocenters. The Morgan fingerprint density at radius 3 is 1.36 bits per heavy atom. The van der Waals surface area contributed by atoms with Gasteiger partial charge in [-0.25, -0.2) is 9.59 Å². The molecule has 12 heteroatoms. The third kappa shape index (κ3) is 17.3. The first-order valence-electron chi connectivity index (χ1n) is 20.2. The smallest absolute Gasteiger partial charge is 0.333 e. The summed E-state index contributed by atoms with van der Waals surface area (Å²) in [5, 5.41) is 21.3. The third-order valence-corrected chi connectivity index (χ3v) is 9.50. The molecule has 5 aromatic carbocycles. The molecule has 0 aliphatic heterocycles. The standard InChI is InChI=1S/C30H35NO5.C19H23NO4.ClH/c1-5-35-27(29(33)34)20-22-8-16-26(17-9-22)36-19-18-21-6-14-25(15-7-21)31-28(32)23-10-12-24(13-11-23)30(2,3)4;1-2-23-18(19(21)22)13-15-5-9-17(10-6-15)24-12-11-14-3-7-16(20)8-4-14;/h6-17,27H,5,18-20H2,1-4H3,(H,31,32)(H,33,34);3-10,18H,2,11-13,20H2,1H3,(H,21,22);1H/t27-;18-;/m00./s1. The largest absolute Gasteiger partial charge is 0.493 e. The molecule has 0 aliphatic carbocycles. The first-order valence-corrected chi connectivity index (χ1v) is 20.2. The van der Waals surface area contributed by atoms with Crippen LogP contribution in [-0.4, -0.2) is 66.7 Å². The number of hydrogen-bond acceptors (Lipinski definition) is 8. The van der Waals surface area contributed by atoms with Crippen molar-refractivity contribution in [1.82, 2.24) is 0 Å². The van der Waals surface area contributed by atoms with Gasteiger partial charge >= 0.3 is 11.9 Å². The lowest BCUT2D eigenvalue weighted by molar-refractivity contribution is -0.150. The van der Waals surface area contributed by atoms with Gasteiger partial charge < -0.3 is 40.2 Å². The van der Waals surface area contributed by atoms with Crippen molar-refractivity contribution in [3.63, 3.8) is 0 Å². The fraction of sp³-hybridized carbons (Fsp3) is 0.327. The highest BCUT2D eigenvalue weighted by atomic mass is 35.5. The van der Waals surface area contributed by atoms with Crippen molar-refractivity contribution in [2.24, 2.45) is 0 Å². The molecule has 0 radical (unpaired) electrons. The van der Waals surface area contributed by atoms with Crippen LogP contribution in [0.2, 0.25) is 0 Å². The van der Waals surface area contributed by atoms with Crippen LogP contribution in [0.25, 0.3) is 0 Å². The van der Waals surface area contributed by atoms with Crippen molar-refractivity contribution < 1.29 is 43.5 Å². The van der Waals surface area contributed by atoms with Gasteiger partial charge in [-0.15, -0.1) is 12.4 Å². The van der Waals surface area contributed by atoms with Crippen molar-refractivity contribution in [1.29, 1.82) is 0 Å². The molecule has 5 rings (SSSR count). The predicted octanol–water partition coefficient (Wildman–Crippen LogP) is 9.23. The Morgan fingerprint density at radius 1 is 0.590 bits per heavy atom. The zero-order valence-electron chi connectivity index (χ0n) is 35.6. The van der Waals surface area contributed by atoms with Gasteiger partial charge in [0.25, 0.3) is 5.91 Å². The lowest BCUT2D eigenvalue weighted by atomic mass is 9.87. The normalized spacial score (nSPS) is 11.8. The fourth-order valence-electron chi connectivity index (χ4n) is 6.05. The molecule has 2 atom stereocenters. The second-order valence-corrected chi connectivity index (χ2v) is 15.2. The zero-order chi connectivity index (χ0) is 43.5. The van der Waals surface area contributed by atoms with E-state index in [-0.39, 0.29) is 23.7 Å². The van der Waals surface area contributed by atoms with Crippen LogP contribution in [0.15, 0.2) is 121 Å². The summed E-state index contributed by atoms with van der Waals surface area (Å²) in [4.78, 5) is 34.9. The average molecular weight is 855 g/mol. The van der Waals surface area contributed by atoms with Crippen LogP contribution in [-0.2, 0) is 50.2 Å². The molecule has 0 aliphatic rings. The van der Waals surface area contributed by atoms with Gasteiger partial charge in [-0.2, -0.15) is 0 Å². The van der Waals surface area contributed by atoms with E-state index in [1.807, 2.05) is 121 Å². The van der Waals surface area contributed by atoms with E-state index in [1.165, 1.54) is 11.1 Å². The molecular formula is C49H59ClN2O9. The van der Waals surface area contributed by atoms with E-state index in [1.54, 1.807) is 13.8 Å². The number of nitrogen functional groups attached to an aromatic ring is 1. The van der Waals surface area contributed by atoms with Crippen LogP contribution in [0.4, 0.5) is 11.4 Å². The van der Waals surface area contributed by atoms with Crippen LogP contribution >= 0.6 is 12.4 Å². The number of benzene rings is 5. The van der Waals surface area contributed by atoms with Gasteiger partial charge in [-0.1, -0.05) is 81.4 Å². The SMILES string of the molecule is CCO[C@@H](Cc1ccc(OCCc2ccc(N)cc2)cc1)C(=O)O.CCO[C@@H](Cc1ccc(OCCc2ccc(NC(=O)c3ccc(C(C)(C)C)cc3)cc2)cc1)C(=O)O.Cl. The monoisotopic (exact) mass is 854 g/mol. The van der Waals surface area contributed by atoms with E-state index < -0.39 is 24.1 Å². The minimum atomic E-state index is -0.961. The lowest BCUT2D eigenvalue weighted by Crippen LogP contribution is -2.26. The number of nitrogens with one attached hydrogen (secondary N) is 1. The van der Waals surface area contributed by atoms with E-state index in [2.05, 4.69) is 26.1 Å². The molecule has 11 nitrogen and oxygen atoms in total. The molecule has 0 aromatic heterocycles. The number of anilines is 2. The predicted molar refractivity (Wildman–Crippen MR) is 242 cm³/mol. The highest BCUT2D eigenvalue weighted by molar-refractivity contribution is 6.04. The lowest BCUT2D eigenvalue weighted by Gasteiger charge is -2.19. The maximum Gasteiger partial charge on any atom is 0.333 e. The topological polar surface area (TPSA) is 167 Å². The number of halogens is 1. The Bertz CT molecular complexity index is 2070. The van der Waals surface area contributed by atoms with Crippen LogP contribution in [0.1, 0.15) is 72.8 Å². The molecule has 0 fully saturated rings. The number of hydrogen-bond donors (Lipinski definition) is 4. The summed E-state index contributed by atoms with van der Waals surface area (Å²) in [6, 6.07) is 38.0. The number of nitrogens with two attached hydrogens (primary N) is 1. The molecule has 5 N–H and O–H groups in total. The van der Waals surface area contributed by atoms with Crippen molar-refractivity contribution in [2.75, 3.05) is 37.5 Å². The second-order valence-electron chi connectivity index (χ2n) is 15.2. The Labute approximate surface area is 365 Å². The van der Waals surface area contributed by atoms with Crippen molar-refractivity contribution in [3.05, 3.63) is 155 Å². The highest BCUT2D eigenvalue weighted by Gasteiger charge is 2.19. The number of carboxylic acid groups (broad SMARTS) is 2. The van der Waals surface area contributed by atoms with Crippen LogP contribution in [0.5, 0.6) is 11.5 Å². The molecule has 0 saturated heterocycles. The number of carboxylic acids is 2. The molecule has 1 amide bonds. The summed E-state index contributed by atoms with van der Waals surface area (Å²) in [5.41, 5.74) is 13.1. The van der Waals surface area contributed by atoms with Gasteiger partial charge in [-0.05, 0) is 108 Å². The average Bonchev–Trinajstić information content (AvgIpc) is 3.23. The molecule has 326 valence electrons. The van der Waals surface area contributed by atoms with Gasteiger partial charge in [0.15, 0.2) is 12.2 Å². The van der Waals surface area contributed by atoms with E-state index >= 15 is 0 Å². The van der Waals surface area contributed by atoms with E-state index in [0.29, 0.717) is 44.8 Å². The van der Waals surface area contributed by atoms with Crippen LogP contribution in [0.3, 0.4) is 0 Å². The van der Waals surface area contributed by atoms with Crippen LogP contribution < -0.4 is 20.5 Å². The highest BCUT2D eigenvalue weighted by Crippen LogP contribution is 2.23. The first-order chi connectivity index (χ1) is 28.7. The summed E-state index contributed by atoms with van der Waals surface area (Å²) in [7, 11) is 0. The first kappa shape index (κ1) is 49.5. The third-order valence-electron chi connectivity index (χ3n) is 9.50. The van der Waals surface area contributed by atoms with Gasteiger partial charge in [0, 0.05) is 55.8 Å². The van der Waals surface area contributed by atoms with Gasteiger partial charge in [0.05, 0.1) is 13.2 Å². The Balaban J connectivity index is 0.000000346. The minimum absolute atomic E-state index is 0. The van der Waals surface area contributed by atoms with E-state index in [0.717, 1.165) is 52.4 Å². The van der Waals surface area contributed by atoms with Gasteiger partial charge in [-0.3, -0.25) is 4.79 Å². The summed E-state index contributed by atoms with van der Waals surface area (Å²) in [5.74, 6) is -0.551. The fourth-order valence-corrected chi connectivity index (χ4v) is 6.05. The number of rotatable bonds is 20. The van der Waals surface area contributed by atoms with E-state index in [9.17, 15) is 19.5 Å². The maximum absolute atomic E-state index is 12.6. The summed E-state index contributed by atoms with van der Waals surface area (Å²) in [6.07, 6.45) is 0.517. The zero-order valence-corrected chi connectivity index (χ0v) is 36.4. The Morgan fingerprint density at radius 2 is 0.984 bits per heavy atom. The number of ether oxygens (including phenoxy) is 4. The van der Waals surface area contributed by atoms with Crippen molar-refractivity contribution in [3.8, 4) is 11.5 Å².